The second kappa shape index (κ2) is 7.07. The van der Waals surface area contributed by atoms with Gasteiger partial charge in [-0.05, 0) is 6.42 Å². The van der Waals surface area contributed by atoms with Crippen LogP contribution in [0.4, 0.5) is 0 Å². The summed E-state index contributed by atoms with van der Waals surface area (Å²) in [4.78, 5) is 9.10. The molecular weight excluding hydrogens is 187 g/mol. The van der Waals surface area contributed by atoms with E-state index in [-0.39, 0.29) is 12.8 Å². The largest absolute Gasteiger partial charge is 0.332 e. The van der Waals surface area contributed by atoms with E-state index in [1.165, 1.54) is 6.08 Å². The van der Waals surface area contributed by atoms with Crippen molar-refractivity contribution in [3.05, 3.63) is 24.8 Å². The van der Waals surface area contributed by atoms with Crippen LogP contribution in [0, 0.1) is 0 Å². The molecule has 4 heteroatoms. The maximum Gasteiger partial charge on any atom is 0.332 e. The van der Waals surface area contributed by atoms with Gasteiger partial charge in [-0.2, -0.15) is 0 Å². The molecule has 0 saturated heterocycles. The van der Waals surface area contributed by atoms with Crippen LogP contribution >= 0.6 is 7.60 Å². The summed E-state index contributed by atoms with van der Waals surface area (Å²) >= 11 is 0. The van der Waals surface area contributed by atoms with E-state index in [0.29, 0.717) is 0 Å². The van der Waals surface area contributed by atoms with Crippen LogP contribution in [0.25, 0.3) is 0 Å². The summed E-state index contributed by atoms with van der Waals surface area (Å²) < 4.78 is 15.8. The van der Waals surface area contributed by atoms with Crippen LogP contribution in [0.15, 0.2) is 24.8 Å². The average Bonchev–Trinajstić information content (AvgIpc) is 2.04. The highest BCUT2D eigenvalue weighted by Gasteiger charge is 2.14. The fourth-order valence-corrected chi connectivity index (χ4v) is 1.48. The second-order valence-electron chi connectivity index (χ2n) is 2.66. The van der Waals surface area contributed by atoms with Crippen LogP contribution in [-0.4, -0.2) is 17.7 Å². The maximum absolute atomic E-state index is 11.1. The Kier molecular flexibility index (Phi) is 6.87. The molecule has 0 aliphatic carbocycles. The van der Waals surface area contributed by atoms with Crippen molar-refractivity contribution in [1.29, 1.82) is 0 Å². The molecule has 0 spiro atoms. The highest BCUT2D eigenvalue weighted by atomic mass is 31.2. The Morgan fingerprint density at radius 2 is 2.23 bits per heavy atom. The number of rotatable bonds is 7. The van der Waals surface area contributed by atoms with Gasteiger partial charge in [0.15, 0.2) is 0 Å². The molecular formula is C9H17O3P. The molecule has 0 fully saturated rings. The minimum Gasteiger partial charge on any atom is -0.324 e. The van der Waals surface area contributed by atoms with Gasteiger partial charge < -0.3 is 9.42 Å². The maximum atomic E-state index is 11.1. The third-order valence-corrected chi connectivity index (χ3v) is 2.63. The summed E-state index contributed by atoms with van der Waals surface area (Å²) in [5.74, 6) is 0. The monoisotopic (exact) mass is 204 g/mol. The zero-order valence-electron chi connectivity index (χ0n) is 7.98. The average molecular weight is 204 g/mol. The Bertz CT molecular complexity index is 211. The minimum absolute atomic E-state index is 0.00855. The quantitative estimate of drug-likeness (QED) is 0.512. The Balaban J connectivity index is 3.62. The standard InChI is InChI=1S/C9H17O3P/c1-3-5-6-7-8-12-13(10,11)9-4-2/h4,6-7H,2-3,5,8-9H2,1H3,(H,10,11). The first-order valence-electron chi connectivity index (χ1n) is 4.34. The second-order valence-corrected chi connectivity index (χ2v) is 4.56. The van der Waals surface area contributed by atoms with Gasteiger partial charge in [-0.3, -0.25) is 4.57 Å². The molecule has 13 heavy (non-hydrogen) atoms. The van der Waals surface area contributed by atoms with Crippen LogP contribution < -0.4 is 0 Å². The first-order valence-corrected chi connectivity index (χ1v) is 6.11. The molecule has 1 N–H and O–H groups in total. The van der Waals surface area contributed by atoms with Gasteiger partial charge in [-0.1, -0.05) is 31.6 Å². The molecule has 0 aromatic rings. The highest BCUT2D eigenvalue weighted by molar-refractivity contribution is 7.53. The van der Waals surface area contributed by atoms with Crippen molar-refractivity contribution in [2.75, 3.05) is 12.8 Å². The predicted octanol–water partition coefficient (Wildman–Crippen LogP) is 2.73. The molecule has 0 rings (SSSR count). The number of hydrogen-bond donors (Lipinski definition) is 1. The van der Waals surface area contributed by atoms with Crippen LogP contribution in [-0.2, 0) is 9.09 Å². The van der Waals surface area contributed by atoms with Gasteiger partial charge in [-0.15, -0.1) is 6.58 Å². The predicted molar refractivity (Wildman–Crippen MR) is 54.9 cm³/mol. The van der Waals surface area contributed by atoms with E-state index in [1.54, 1.807) is 6.08 Å². The summed E-state index contributed by atoms with van der Waals surface area (Å²) in [5.41, 5.74) is 0. The van der Waals surface area contributed by atoms with Crippen molar-refractivity contribution in [2.24, 2.45) is 0 Å². The van der Waals surface area contributed by atoms with E-state index in [2.05, 4.69) is 13.5 Å². The first-order chi connectivity index (χ1) is 6.12. The van der Waals surface area contributed by atoms with Gasteiger partial charge in [0, 0.05) is 0 Å². The van der Waals surface area contributed by atoms with E-state index < -0.39 is 7.60 Å². The topological polar surface area (TPSA) is 46.5 Å². The summed E-state index contributed by atoms with van der Waals surface area (Å²) in [7, 11) is -3.41. The van der Waals surface area contributed by atoms with Crippen molar-refractivity contribution in [3.8, 4) is 0 Å². The molecule has 0 aromatic carbocycles. The Morgan fingerprint density at radius 3 is 2.77 bits per heavy atom. The van der Waals surface area contributed by atoms with Gasteiger partial charge in [-0.25, -0.2) is 0 Å². The lowest BCUT2D eigenvalue weighted by Crippen LogP contribution is -1.92. The third-order valence-electron chi connectivity index (χ3n) is 1.35. The third kappa shape index (κ3) is 7.97. The number of hydrogen-bond acceptors (Lipinski definition) is 2. The molecule has 1 atom stereocenters. The van der Waals surface area contributed by atoms with Crippen molar-refractivity contribution in [1.82, 2.24) is 0 Å². The molecule has 76 valence electrons. The number of unbranched alkanes of at least 4 members (excludes halogenated alkanes) is 1. The molecule has 0 heterocycles. The Morgan fingerprint density at radius 1 is 1.54 bits per heavy atom. The lowest BCUT2D eigenvalue weighted by Gasteiger charge is -2.07. The first kappa shape index (κ1) is 12.6. The Hall–Kier alpha value is -0.370. The molecule has 0 aliphatic rings. The van der Waals surface area contributed by atoms with E-state index in [1.807, 2.05) is 6.08 Å². The van der Waals surface area contributed by atoms with Crippen LogP contribution in [0.2, 0.25) is 0 Å². The number of allylic oxidation sites excluding steroid dienone is 2. The van der Waals surface area contributed by atoms with Crippen molar-refractivity contribution < 1.29 is 14.0 Å². The molecule has 0 amide bonds. The lowest BCUT2D eigenvalue weighted by atomic mass is 10.3. The minimum atomic E-state index is -3.41. The summed E-state index contributed by atoms with van der Waals surface area (Å²) in [6, 6.07) is 0. The van der Waals surface area contributed by atoms with E-state index >= 15 is 0 Å². The SMILES string of the molecule is C=CCP(=O)(O)OCC=CCCC. The fraction of sp³-hybridized carbons (Fsp3) is 0.556. The van der Waals surface area contributed by atoms with Crippen molar-refractivity contribution in [3.63, 3.8) is 0 Å². The van der Waals surface area contributed by atoms with Crippen LogP contribution in [0.3, 0.4) is 0 Å². The Labute approximate surface area is 79.7 Å². The molecule has 0 aromatic heterocycles. The van der Waals surface area contributed by atoms with Crippen LogP contribution in [0.5, 0.6) is 0 Å². The normalized spacial score (nSPS) is 15.8. The van der Waals surface area contributed by atoms with E-state index in [4.69, 9.17) is 9.42 Å². The smallest absolute Gasteiger partial charge is 0.324 e. The zero-order chi connectivity index (χ0) is 10.2. The van der Waals surface area contributed by atoms with E-state index in [0.717, 1.165) is 12.8 Å². The highest BCUT2D eigenvalue weighted by Crippen LogP contribution is 2.41. The van der Waals surface area contributed by atoms with Gasteiger partial charge in [0.05, 0.1) is 12.8 Å². The van der Waals surface area contributed by atoms with E-state index in [9.17, 15) is 4.57 Å². The van der Waals surface area contributed by atoms with Crippen molar-refractivity contribution in [2.45, 2.75) is 19.8 Å². The molecule has 1 unspecified atom stereocenters. The summed E-state index contributed by atoms with van der Waals surface area (Å²) in [6.07, 6.45) is 7.13. The molecule has 0 radical (unpaired) electrons. The van der Waals surface area contributed by atoms with Crippen LogP contribution in [0.1, 0.15) is 19.8 Å². The molecule has 3 nitrogen and oxygen atoms in total. The fourth-order valence-electron chi connectivity index (χ4n) is 0.728. The van der Waals surface area contributed by atoms with Gasteiger partial charge in [0.2, 0.25) is 0 Å². The van der Waals surface area contributed by atoms with Gasteiger partial charge >= 0.3 is 7.60 Å². The lowest BCUT2D eigenvalue weighted by molar-refractivity contribution is 0.290. The van der Waals surface area contributed by atoms with Gasteiger partial charge in [0.25, 0.3) is 0 Å². The zero-order valence-corrected chi connectivity index (χ0v) is 8.87. The summed E-state index contributed by atoms with van der Waals surface area (Å²) in [5, 5.41) is 0. The molecule has 0 aliphatic heterocycles. The van der Waals surface area contributed by atoms with Crippen molar-refractivity contribution >= 4 is 7.60 Å². The van der Waals surface area contributed by atoms with Gasteiger partial charge in [0.1, 0.15) is 0 Å². The summed E-state index contributed by atoms with van der Waals surface area (Å²) in [6.45, 7) is 5.64. The molecule has 0 saturated carbocycles. The molecule has 0 bridgehead atoms.